The zero-order valence-corrected chi connectivity index (χ0v) is 11.4. The molecule has 0 heterocycles. The van der Waals surface area contributed by atoms with Crippen molar-refractivity contribution >= 4 is 5.84 Å². The lowest BCUT2D eigenvalue weighted by atomic mass is 10.1. The summed E-state index contributed by atoms with van der Waals surface area (Å²) in [5, 5.41) is 11.7. The first-order valence-electron chi connectivity index (χ1n) is 6.32. The molecule has 1 atom stereocenters. The van der Waals surface area contributed by atoms with Crippen molar-refractivity contribution in [2.45, 2.75) is 26.8 Å². The van der Waals surface area contributed by atoms with Gasteiger partial charge in [0.2, 0.25) is 0 Å². The van der Waals surface area contributed by atoms with E-state index in [1.807, 2.05) is 18.2 Å². The molecule has 0 radical (unpaired) electrons. The molecule has 0 spiro atoms. The summed E-state index contributed by atoms with van der Waals surface area (Å²) in [5.41, 5.74) is 7.51. The molecule has 0 aliphatic rings. The molecule has 100 valence electrons. The standard InChI is InChI=1S/C14H23N3O/c1-4-11(2)9-17(3)10-12-6-5-7-13(8-12)14(15)16-18/h5-8,11,18H,4,9-10H2,1-3H3,(H2,15,16). The van der Waals surface area contributed by atoms with Crippen LogP contribution >= 0.6 is 0 Å². The Morgan fingerprint density at radius 3 is 2.83 bits per heavy atom. The van der Waals surface area contributed by atoms with Gasteiger partial charge in [0.25, 0.3) is 0 Å². The Hall–Kier alpha value is -1.55. The fourth-order valence-electron chi connectivity index (χ4n) is 1.92. The number of nitrogens with zero attached hydrogens (tertiary/aromatic N) is 2. The molecule has 4 nitrogen and oxygen atoms in total. The van der Waals surface area contributed by atoms with E-state index in [1.165, 1.54) is 12.0 Å². The number of nitrogens with two attached hydrogens (primary N) is 1. The number of hydrogen-bond acceptors (Lipinski definition) is 3. The van der Waals surface area contributed by atoms with Crippen molar-refractivity contribution in [1.29, 1.82) is 0 Å². The molecule has 0 fully saturated rings. The van der Waals surface area contributed by atoms with Crippen molar-refractivity contribution in [3.63, 3.8) is 0 Å². The van der Waals surface area contributed by atoms with Gasteiger partial charge in [-0.05, 0) is 24.6 Å². The van der Waals surface area contributed by atoms with Gasteiger partial charge >= 0.3 is 0 Å². The Kier molecular flexibility index (Phi) is 5.65. The van der Waals surface area contributed by atoms with Crippen LogP contribution in [0.5, 0.6) is 0 Å². The predicted molar refractivity (Wildman–Crippen MR) is 74.7 cm³/mol. The van der Waals surface area contributed by atoms with Crippen LogP contribution in [0.25, 0.3) is 0 Å². The van der Waals surface area contributed by atoms with E-state index in [2.05, 4.69) is 37.0 Å². The van der Waals surface area contributed by atoms with E-state index < -0.39 is 0 Å². The van der Waals surface area contributed by atoms with Gasteiger partial charge in [0.1, 0.15) is 0 Å². The van der Waals surface area contributed by atoms with E-state index in [1.54, 1.807) is 0 Å². The zero-order chi connectivity index (χ0) is 13.5. The number of amidine groups is 1. The minimum atomic E-state index is 0.154. The molecule has 0 amide bonds. The molecule has 0 saturated heterocycles. The van der Waals surface area contributed by atoms with Gasteiger partial charge < -0.3 is 15.8 Å². The van der Waals surface area contributed by atoms with Crippen LogP contribution in [0.3, 0.4) is 0 Å². The lowest BCUT2D eigenvalue weighted by molar-refractivity contribution is 0.275. The van der Waals surface area contributed by atoms with E-state index >= 15 is 0 Å². The Bertz CT molecular complexity index is 404. The summed E-state index contributed by atoms with van der Waals surface area (Å²) in [6.07, 6.45) is 1.19. The smallest absolute Gasteiger partial charge is 0.170 e. The number of hydrogen-bond donors (Lipinski definition) is 2. The second-order valence-electron chi connectivity index (χ2n) is 4.90. The second kappa shape index (κ2) is 7.01. The van der Waals surface area contributed by atoms with Crippen molar-refractivity contribution in [2.75, 3.05) is 13.6 Å². The molecule has 3 N–H and O–H groups in total. The van der Waals surface area contributed by atoms with E-state index in [-0.39, 0.29) is 5.84 Å². The van der Waals surface area contributed by atoms with Crippen LogP contribution in [0.2, 0.25) is 0 Å². The van der Waals surface area contributed by atoms with Gasteiger partial charge in [-0.3, -0.25) is 0 Å². The largest absolute Gasteiger partial charge is 0.409 e. The summed E-state index contributed by atoms with van der Waals surface area (Å²) in [4.78, 5) is 2.29. The van der Waals surface area contributed by atoms with E-state index in [4.69, 9.17) is 10.9 Å². The first kappa shape index (κ1) is 14.5. The third-order valence-electron chi connectivity index (χ3n) is 3.10. The minimum Gasteiger partial charge on any atom is -0.409 e. The van der Waals surface area contributed by atoms with Crippen LogP contribution in [0.15, 0.2) is 29.4 Å². The van der Waals surface area contributed by atoms with Gasteiger partial charge in [0.15, 0.2) is 5.84 Å². The normalized spacial score (nSPS) is 13.9. The molecule has 1 aromatic carbocycles. The second-order valence-corrected chi connectivity index (χ2v) is 4.90. The highest BCUT2D eigenvalue weighted by molar-refractivity contribution is 5.97. The molecule has 0 aromatic heterocycles. The molecule has 0 aliphatic heterocycles. The summed E-state index contributed by atoms with van der Waals surface area (Å²) in [7, 11) is 2.11. The van der Waals surface area contributed by atoms with Crippen molar-refractivity contribution in [3.05, 3.63) is 35.4 Å². The van der Waals surface area contributed by atoms with Crippen molar-refractivity contribution in [1.82, 2.24) is 4.90 Å². The third-order valence-corrected chi connectivity index (χ3v) is 3.10. The summed E-state index contributed by atoms with van der Waals surface area (Å²) in [5.74, 6) is 0.851. The Balaban J connectivity index is 2.67. The summed E-state index contributed by atoms with van der Waals surface area (Å²) >= 11 is 0. The highest BCUT2D eigenvalue weighted by Crippen LogP contribution is 2.10. The molecular weight excluding hydrogens is 226 g/mol. The number of benzene rings is 1. The third kappa shape index (κ3) is 4.37. The fraction of sp³-hybridized carbons (Fsp3) is 0.500. The first-order chi connectivity index (χ1) is 8.56. The van der Waals surface area contributed by atoms with Gasteiger partial charge in [-0.2, -0.15) is 0 Å². The Morgan fingerprint density at radius 2 is 2.22 bits per heavy atom. The van der Waals surface area contributed by atoms with Gasteiger partial charge in [-0.15, -0.1) is 0 Å². The van der Waals surface area contributed by atoms with Crippen molar-refractivity contribution in [2.24, 2.45) is 16.8 Å². The van der Waals surface area contributed by atoms with E-state index in [0.717, 1.165) is 18.7 Å². The van der Waals surface area contributed by atoms with Crippen LogP contribution in [-0.2, 0) is 6.54 Å². The molecule has 1 unspecified atom stereocenters. The van der Waals surface area contributed by atoms with Gasteiger partial charge in [-0.1, -0.05) is 43.6 Å². The maximum absolute atomic E-state index is 8.66. The predicted octanol–water partition coefficient (Wildman–Crippen LogP) is 2.26. The maximum Gasteiger partial charge on any atom is 0.170 e. The quantitative estimate of drug-likeness (QED) is 0.352. The monoisotopic (exact) mass is 249 g/mol. The average molecular weight is 249 g/mol. The summed E-state index contributed by atoms with van der Waals surface area (Å²) in [6.45, 7) is 6.40. The summed E-state index contributed by atoms with van der Waals surface area (Å²) < 4.78 is 0. The SMILES string of the molecule is CCC(C)CN(C)Cc1cccc(/C(N)=N/O)c1. The lowest BCUT2D eigenvalue weighted by Crippen LogP contribution is -2.24. The molecule has 0 saturated carbocycles. The van der Waals surface area contributed by atoms with Crippen LogP contribution in [0, 0.1) is 5.92 Å². The molecule has 4 heteroatoms. The molecule has 18 heavy (non-hydrogen) atoms. The number of oxime groups is 1. The minimum absolute atomic E-state index is 0.154. The van der Waals surface area contributed by atoms with Crippen LogP contribution in [0.1, 0.15) is 31.4 Å². The van der Waals surface area contributed by atoms with Crippen molar-refractivity contribution < 1.29 is 5.21 Å². The van der Waals surface area contributed by atoms with E-state index in [9.17, 15) is 0 Å². The maximum atomic E-state index is 8.66. The zero-order valence-electron chi connectivity index (χ0n) is 11.4. The highest BCUT2D eigenvalue weighted by Gasteiger charge is 2.06. The number of rotatable bonds is 6. The molecular formula is C14H23N3O. The van der Waals surface area contributed by atoms with Crippen molar-refractivity contribution in [3.8, 4) is 0 Å². The van der Waals surface area contributed by atoms with Gasteiger partial charge in [0.05, 0.1) is 0 Å². The summed E-state index contributed by atoms with van der Waals surface area (Å²) in [6, 6.07) is 7.79. The molecule has 0 aliphatic carbocycles. The molecule has 0 bridgehead atoms. The van der Waals surface area contributed by atoms with E-state index in [0.29, 0.717) is 5.92 Å². The Labute approximate surface area is 109 Å². The first-order valence-corrected chi connectivity index (χ1v) is 6.32. The Morgan fingerprint density at radius 1 is 1.50 bits per heavy atom. The average Bonchev–Trinajstić information content (AvgIpc) is 2.37. The van der Waals surface area contributed by atoms with Crippen LogP contribution in [0.4, 0.5) is 0 Å². The molecule has 1 rings (SSSR count). The van der Waals surface area contributed by atoms with Gasteiger partial charge in [-0.25, -0.2) is 0 Å². The van der Waals surface area contributed by atoms with Crippen LogP contribution < -0.4 is 5.73 Å². The topological polar surface area (TPSA) is 61.8 Å². The lowest BCUT2D eigenvalue weighted by Gasteiger charge is -2.20. The highest BCUT2D eigenvalue weighted by atomic mass is 16.4. The molecule has 1 aromatic rings. The van der Waals surface area contributed by atoms with Crippen LogP contribution in [-0.4, -0.2) is 29.5 Å². The van der Waals surface area contributed by atoms with Gasteiger partial charge in [0, 0.05) is 18.7 Å². The fourth-order valence-corrected chi connectivity index (χ4v) is 1.92.